The van der Waals surface area contributed by atoms with Crippen molar-refractivity contribution in [1.29, 1.82) is 10.8 Å². The molecular weight excluding hydrogens is 2110 g/mol. The van der Waals surface area contributed by atoms with Crippen LogP contribution in [0.4, 0.5) is 0 Å². The largest absolute Gasteiger partial charge is 0.481 e. The van der Waals surface area contributed by atoms with E-state index in [1.807, 2.05) is 0 Å². The van der Waals surface area contributed by atoms with Crippen LogP contribution in [0.5, 0.6) is 0 Å². The number of halogens is 4. The van der Waals surface area contributed by atoms with Crippen LogP contribution in [0.3, 0.4) is 0 Å². The number of nitrogens with one attached hydrogen (secondary N) is 23. The number of carbonyl (C=O) groups excluding carboxylic acids is 20. The number of amides is 20. The predicted molar refractivity (Wildman–Crippen MR) is 533 cm³/mol. The number of hydrogen-bond donors (Lipinski definition) is 29. The van der Waals surface area contributed by atoms with Gasteiger partial charge in [0.2, 0.25) is 118 Å². The summed E-state index contributed by atoms with van der Waals surface area (Å²) in [6.07, 6.45) is 0.223. The summed E-state index contributed by atoms with van der Waals surface area (Å²) < 4.78 is 0. The van der Waals surface area contributed by atoms with Crippen molar-refractivity contribution in [2.75, 3.05) is 113 Å². The highest BCUT2D eigenvalue weighted by molar-refractivity contribution is 9.10. The number of unbranched alkanes of at least 4 members (excludes halogenated alkanes) is 4. The number of carboxylic acid groups (broad SMARTS) is 2. The first-order valence-electron chi connectivity index (χ1n) is 47.5. The van der Waals surface area contributed by atoms with E-state index in [4.69, 9.17) is 33.8 Å². The van der Waals surface area contributed by atoms with Gasteiger partial charge in [-0.3, -0.25) is 116 Å². The van der Waals surface area contributed by atoms with Crippen molar-refractivity contribution < 1.29 is 116 Å². The summed E-state index contributed by atoms with van der Waals surface area (Å²) in [5.74, 6) is -15.9. The monoisotopic (exact) mass is 2260 g/mol. The molecule has 0 spiro atoms. The molecule has 141 heavy (non-hydrogen) atoms. The van der Waals surface area contributed by atoms with Crippen LogP contribution in [-0.4, -0.2) is 313 Å². The van der Waals surface area contributed by atoms with E-state index in [9.17, 15) is 101 Å². The molecule has 0 rings (SSSR count). The van der Waals surface area contributed by atoms with Crippen LogP contribution in [0, 0.1) is 10.8 Å². The molecule has 800 valence electrons. The number of rotatable bonds is 85. The molecule has 0 fully saturated rings. The molecule has 0 aliphatic carbocycles. The minimum atomic E-state index is -1.83. The molecule has 51 nitrogen and oxygen atoms in total. The molecule has 0 heterocycles. The molecular formula is C86H149Br4N27O24. The van der Waals surface area contributed by atoms with Crippen LogP contribution in [0.2, 0.25) is 0 Å². The fourth-order valence-corrected chi connectivity index (χ4v) is 14.0. The maximum Gasteiger partial charge on any atom is 0.303 e. The topological polar surface area (TPSA) is 820 Å². The molecule has 0 aromatic heterocycles. The third-order valence-corrected chi connectivity index (χ3v) is 22.8. The molecule has 0 unspecified atom stereocenters. The molecule has 0 aromatic carbocycles. The SMILES string of the molecule is N=C(N)NCCC[C@H](NC(=O)[C@H](CCC(=O)O)NC(=O)[C@H](CCCNC(=N)N)NC(=O)[C@H](CCCCN)NC(=O)[C@H](CCCCNC(=O)[C@H](CCCCNC(=O)CCCNC(=O)CCCNC(=O)CBr)NC(=O)CCCNC(=O)CCCNC(=O)CBr)NC(=O)[C@H](CCCCNC(=O)CCCNC(=O)CCCNC(=O)CBr)NC(=O)CCCNC(=O)CCCNC(=O)CBr)C(=O)N[C@@H](CCC(=O)O)C(N)=O. The Morgan fingerprint density at radius 3 is 0.638 bits per heavy atom. The average Bonchev–Trinajstić information content (AvgIpc) is 0.935. The van der Waals surface area contributed by atoms with Crippen LogP contribution in [0.25, 0.3) is 0 Å². The van der Waals surface area contributed by atoms with E-state index < -0.39 is 157 Å². The normalized spacial score (nSPS) is 12.4. The van der Waals surface area contributed by atoms with Gasteiger partial charge in [0.05, 0.1) is 21.3 Å². The standard InChI is InChI=1S/C86H149Br4N27O24/c87-51-71(126)103-45-13-27-65(120)99-41-11-25-63(118)97-38-6-2-20-56(110-69(124)31-17-43-101-67(122)29-15-47-105-73(128)53-89)78(135)107-40-8-4-22-59(113-79(136)57(111-70(125)32-18-44-102-68(123)30-16-48-106-74(129)54-90)21-3-7-39-98-64(119)26-12-42-100-66(121)28-14-46-104-72(127)52-88)82(139)114-58(19-1-5-37-91)81(138)115-61(24-10-50-109-86(95)96)83(140)117-62(34-36-76(132)133)84(141)116-60(23-9-49-108-85(93)94)80(137)112-55(77(92)134)33-35-75(130)131/h55-62H,1-54,91H2,(H2,92,134)(H,97,118)(H,98,119)(H,99,120)(H,100,121)(H,101,122)(H,102,123)(H,103,126)(H,104,127)(H,105,128)(H,106,129)(H,107,135)(H,110,124)(H,111,125)(H,112,137)(H,113,136)(H,114,139)(H,115,138)(H,116,141)(H,117,140)(H,130,131)(H,132,133)(H4,93,94,108)(H4,95,96,109)/t55-,56-,57-,58-,59-,60-,61-,62-/m0/s1. The lowest BCUT2D eigenvalue weighted by Crippen LogP contribution is -2.60. The smallest absolute Gasteiger partial charge is 0.303 e. The number of carbonyl (C=O) groups is 22. The van der Waals surface area contributed by atoms with Gasteiger partial charge >= 0.3 is 11.9 Å². The molecule has 0 saturated carbocycles. The summed E-state index contributed by atoms with van der Waals surface area (Å²) in [7, 11) is 0. The van der Waals surface area contributed by atoms with E-state index >= 15 is 14.4 Å². The van der Waals surface area contributed by atoms with Crippen LogP contribution in [0.1, 0.15) is 231 Å². The van der Waals surface area contributed by atoms with Crippen LogP contribution < -0.4 is 135 Å². The Morgan fingerprint density at radius 2 is 0.397 bits per heavy atom. The molecule has 0 saturated heterocycles. The Labute approximate surface area is 854 Å². The highest BCUT2D eigenvalue weighted by atomic mass is 79.9. The first-order chi connectivity index (χ1) is 67.3. The minimum Gasteiger partial charge on any atom is -0.481 e. The highest BCUT2D eigenvalue weighted by Crippen LogP contribution is 2.14. The maximum absolute atomic E-state index is 15.3. The molecule has 8 atom stereocenters. The molecule has 20 amide bonds. The van der Waals surface area contributed by atoms with E-state index in [1.54, 1.807) is 0 Å². The van der Waals surface area contributed by atoms with Gasteiger partial charge in [-0.1, -0.05) is 63.7 Å². The summed E-state index contributed by atoms with van der Waals surface area (Å²) in [5, 5.41) is 90.5. The molecule has 33 N–H and O–H groups in total. The Balaban J connectivity index is 7.86. The summed E-state index contributed by atoms with van der Waals surface area (Å²) in [6, 6.07) is -12.5. The second-order valence-electron chi connectivity index (χ2n) is 32.8. The van der Waals surface area contributed by atoms with E-state index in [0.29, 0.717) is 58.0 Å². The Hall–Kier alpha value is -11.2. The third kappa shape index (κ3) is 71.8. The Kier molecular flexibility index (Phi) is 75.8. The number of carboxylic acids is 2. The van der Waals surface area contributed by atoms with Gasteiger partial charge < -0.3 is 145 Å². The third-order valence-electron chi connectivity index (χ3n) is 20.7. The number of alkyl halides is 4. The van der Waals surface area contributed by atoms with Gasteiger partial charge in [0.25, 0.3) is 0 Å². The molecule has 0 bridgehead atoms. The summed E-state index contributed by atoms with van der Waals surface area (Å²) in [6.45, 7) is 1.69. The maximum atomic E-state index is 15.3. The van der Waals surface area contributed by atoms with Crippen molar-refractivity contribution in [3.8, 4) is 0 Å². The van der Waals surface area contributed by atoms with E-state index in [0.717, 1.165) is 0 Å². The van der Waals surface area contributed by atoms with Gasteiger partial charge in [-0.05, 0) is 173 Å². The minimum absolute atomic E-state index is 0.00295. The quantitative estimate of drug-likeness (QED) is 0.0118. The number of primary amides is 1. The number of hydrogen-bond acceptors (Lipinski definition) is 25. The predicted octanol–water partition coefficient (Wildman–Crippen LogP) is -4.65. The van der Waals surface area contributed by atoms with Gasteiger partial charge in [-0.25, -0.2) is 0 Å². The molecule has 0 aliphatic rings. The van der Waals surface area contributed by atoms with Crippen molar-refractivity contribution in [2.24, 2.45) is 22.9 Å². The average molecular weight is 2260 g/mol. The molecule has 0 aliphatic heterocycles. The fourth-order valence-electron chi connectivity index (χ4n) is 13.2. The second kappa shape index (κ2) is 82.3. The zero-order valence-corrected chi connectivity index (χ0v) is 86.3. The van der Waals surface area contributed by atoms with Gasteiger partial charge in [-0.15, -0.1) is 0 Å². The van der Waals surface area contributed by atoms with Crippen molar-refractivity contribution in [3.05, 3.63) is 0 Å². The van der Waals surface area contributed by atoms with Crippen molar-refractivity contribution in [2.45, 2.75) is 279 Å². The van der Waals surface area contributed by atoms with Crippen molar-refractivity contribution >= 4 is 206 Å². The lowest BCUT2D eigenvalue weighted by Gasteiger charge is -2.28. The van der Waals surface area contributed by atoms with Crippen LogP contribution in [-0.2, 0) is 105 Å². The zero-order valence-electron chi connectivity index (χ0n) is 80.0. The highest BCUT2D eigenvalue weighted by Gasteiger charge is 2.36. The molecule has 0 aromatic rings. The van der Waals surface area contributed by atoms with Crippen LogP contribution >= 0.6 is 63.7 Å². The zero-order chi connectivity index (χ0) is 106. The van der Waals surface area contributed by atoms with Crippen LogP contribution in [0.15, 0.2) is 0 Å². The first kappa shape index (κ1) is 130. The van der Waals surface area contributed by atoms with Crippen molar-refractivity contribution in [3.63, 3.8) is 0 Å². The van der Waals surface area contributed by atoms with Gasteiger partial charge in [0, 0.05) is 149 Å². The lowest BCUT2D eigenvalue weighted by molar-refractivity contribution is -0.139. The van der Waals surface area contributed by atoms with Gasteiger partial charge in [0.15, 0.2) is 11.9 Å². The summed E-state index contributed by atoms with van der Waals surface area (Å²) in [5.41, 5.74) is 22.4. The molecule has 55 heteroatoms. The Morgan fingerprint density at radius 1 is 0.206 bits per heavy atom. The van der Waals surface area contributed by atoms with Gasteiger partial charge in [-0.2, -0.15) is 0 Å². The lowest BCUT2D eigenvalue weighted by atomic mass is 10.0. The fraction of sp³-hybridized carbons (Fsp3) is 0.721. The van der Waals surface area contributed by atoms with E-state index in [2.05, 4.69) is 175 Å². The first-order valence-corrected chi connectivity index (χ1v) is 51.9. The van der Waals surface area contributed by atoms with E-state index in [-0.39, 0.29) is 319 Å². The summed E-state index contributed by atoms with van der Waals surface area (Å²) in [4.78, 5) is 288. The molecule has 0 radical (unpaired) electrons. The number of aliphatic carboxylic acids is 2. The number of nitrogens with two attached hydrogens (primary N) is 4. The van der Waals surface area contributed by atoms with Gasteiger partial charge in [0.1, 0.15) is 48.3 Å². The summed E-state index contributed by atoms with van der Waals surface area (Å²) >= 11 is 12.2. The Bertz CT molecular complexity index is 3960. The van der Waals surface area contributed by atoms with E-state index in [1.165, 1.54) is 0 Å². The second-order valence-corrected chi connectivity index (χ2v) is 35.0. The van der Waals surface area contributed by atoms with Crippen molar-refractivity contribution in [1.82, 2.24) is 112 Å². The number of guanidine groups is 2.